The molecule has 90 valence electrons. The van der Waals surface area contributed by atoms with Gasteiger partial charge in [-0.1, -0.05) is 11.6 Å². The van der Waals surface area contributed by atoms with Gasteiger partial charge in [0.2, 0.25) is 5.88 Å². The van der Waals surface area contributed by atoms with Gasteiger partial charge in [0, 0.05) is 6.20 Å². The third-order valence-electron chi connectivity index (χ3n) is 1.92. The fourth-order valence-electron chi connectivity index (χ4n) is 1.21. The van der Waals surface area contributed by atoms with Gasteiger partial charge in [0.25, 0.3) is 5.82 Å². The molecule has 0 radical (unpaired) electrons. The minimum absolute atomic E-state index is 0. The summed E-state index contributed by atoms with van der Waals surface area (Å²) < 4.78 is 6.26. The zero-order chi connectivity index (χ0) is 12.4. The molecule has 0 bridgehead atoms. The van der Waals surface area contributed by atoms with Crippen molar-refractivity contribution in [1.29, 1.82) is 0 Å². The number of carbonyl (C=O) groups is 1. The van der Waals surface area contributed by atoms with E-state index in [4.69, 9.17) is 21.4 Å². The quantitative estimate of drug-likeness (QED) is 0.816. The van der Waals surface area contributed by atoms with Gasteiger partial charge in [0.15, 0.2) is 0 Å². The van der Waals surface area contributed by atoms with Crippen LogP contribution in [0.3, 0.4) is 0 Å². The number of pyridine rings is 1. The number of halogens is 1. The predicted octanol–water partition coefficient (Wildman–Crippen LogP) is 0.374. The molecular formula is C9H8ClN4NaO3. The van der Waals surface area contributed by atoms with Crippen molar-refractivity contribution in [3.8, 4) is 11.6 Å². The van der Waals surface area contributed by atoms with Crippen molar-refractivity contribution in [1.82, 2.24) is 19.7 Å². The van der Waals surface area contributed by atoms with E-state index >= 15 is 0 Å². The van der Waals surface area contributed by atoms with Crippen molar-refractivity contribution in [2.45, 2.75) is 0 Å². The Bertz CT molecular complexity index is 575. The van der Waals surface area contributed by atoms with Gasteiger partial charge in [0.05, 0.1) is 12.1 Å². The Balaban J connectivity index is 0.00000162. The van der Waals surface area contributed by atoms with Gasteiger partial charge >= 0.3 is 35.5 Å². The number of aromatic carboxylic acids is 1. The first-order valence-electron chi connectivity index (χ1n) is 4.46. The van der Waals surface area contributed by atoms with Crippen LogP contribution < -0.4 is 4.74 Å². The molecule has 2 heterocycles. The standard InChI is InChI=1S/C9H7ClN4O3.Na.H/c1-17-8-6(2-5(10)3-11-8)14-4-12-7(13-14)9(15)16;;/h2-4H,1H3,(H,15,16);;. The minimum atomic E-state index is -1.21. The van der Waals surface area contributed by atoms with Crippen LogP contribution in [0.15, 0.2) is 18.6 Å². The van der Waals surface area contributed by atoms with E-state index in [1.165, 1.54) is 24.3 Å². The monoisotopic (exact) mass is 278 g/mol. The molecule has 9 heteroatoms. The summed E-state index contributed by atoms with van der Waals surface area (Å²) in [4.78, 5) is 18.2. The van der Waals surface area contributed by atoms with E-state index in [0.29, 0.717) is 10.7 Å². The van der Waals surface area contributed by atoms with Gasteiger partial charge in [-0.15, -0.1) is 5.10 Å². The summed E-state index contributed by atoms with van der Waals surface area (Å²) in [6.45, 7) is 0. The Labute approximate surface area is 129 Å². The number of carboxylic acids is 1. The van der Waals surface area contributed by atoms with Crippen LogP contribution in [-0.2, 0) is 0 Å². The molecular weight excluding hydrogens is 271 g/mol. The summed E-state index contributed by atoms with van der Waals surface area (Å²) in [7, 11) is 1.44. The van der Waals surface area contributed by atoms with E-state index in [2.05, 4.69) is 15.1 Å². The van der Waals surface area contributed by atoms with Crippen LogP contribution in [-0.4, -0.2) is 67.5 Å². The number of nitrogens with zero attached hydrogens (tertiary/aromatic N) is 4. The van der Waals surface area contributed by atoms with E-state index in [-0.39, 0.29) is 41.3 Å². The normalized spacial score (nSPS) is 9.67. The summed E-state index contributed by atoms with van der Waals surface area (Å²) in [5.74, 6) is -1.25. The summed E-state index contributed by atoms with van der Waals surface area (Å²) in [6, 6.07) is 1.55. The Morgan fingerprint density at radius 2 is 2.22 bits per heavy atom. The van der Waals surface area contributed by atoms with Gasteiger partial charge in [0.1, 0.15) is 12.0 Å². The Hall–Kier alpha value is -1.15. The van der Waals surface area contributed by atoms with Crippen LogP contribution in [0.25, 0.3) is 5.69 Å². The first kappa shape index (κ1) is 14.9. The topological polar surface area (TPSA) is 90.1 Å². The van der Waals surface area contributed by atoms with Crippen molar-refractivity contribution >= 4 is 47.1 Å². The summed E-state index contributed by atoms with van der Waals surface area (Å²) >= 11 is 5.80. The van der Waals surface area contributed by atoms with Gasteiger partial charge in [-0.25, -0.2) is 19.4 Å². The number of aromatic nitrogens is 4. The van der Waals surface area contributed by atoms with E-state index in [0.717, 1.165) is 0 Å². The Morgan fingerprint density at radius 3 is 2.78 bits per heavy atom. The molecule has 0 saturated carbocycles. The molecule has 7 nitrogen and oxygen atoms in total. The molecule has 0 fully saturated rings. The van der Waals surface area contributed by atoms with E-state index in [9.17, 15) is 4.79 Å². The summed E-state index contributed by atoms with van der Waals surface area (Å²) in [5, 5.41) is 12.9. The molecule has 18 heavy (non-hydrogen) atoms. The fraction of sp³-hybridized carbons (Fsp3) is 0.111. The molecule has 0 spiro atoms. The first-order chi connectivity index (χ1) is 8.11. The SMILES string of the molecule is COc1ncc(Cl)cc1-n1cnc(C(=O)O)n1.[NaH]. The van der Waals surface area contributed by atoms with Crippen LogP contribution in [0.1, 0.15) is 10.6 Å². The molecule has 0 atom stereocenters. The first-order valence-corrected chi connectivity index (χ1v) is 4.84. The number of hydrogen-bond donors (Lipinski definition) is 1. The molecule has 2 rings (SSSR count). The molecule has 0 unspecified atom stereocenters. The molecule has 2 aromatic heterocycles. The predicted molar refractivity (Wildman–Crippen MR) is 64.8 cm³/mol. The van der Waals surface area contributed by atoms with Gasteiger partial charge in [-0.05, 0) is 6.07 Å². The fourth-order valence-corrected chi connectivity index (χ4v) is 1.37. The molecule has 0 amide bonds. The van der Waals surface area contributed by atoms with Gasteiger partial charge < -0.3 is 9.84 Å². The maximum absolute atomic E-state index is 10.7. The van der Waals surface area contributed by atoms with Crippen LogP contribution in [0.2, 0.25) is 5.02 Å². The molecule has 0 aromatic carbocycles. The number of ether oxygens (including phenoxy) is 1. The summed E-state index contributed by atoms with van der Waals surface area (Å²) in [5.41, 5.74) is 0.417. The van der Waals surface area contributed by atoms with Gasteiger partial charge in [-0.3, -0.25) is 0 Å². The second kappa shape index (κ2) is 6.14. The average molecular weight is 279 g/mol. The molecule has 0 aliphatic heterocycles. The van der Waals surface area contributed by atoms with E-state index < -0.39 is 5.97 Å². The maximum atomic E-state index is 10.7. The Kier molecular flexibility index (Phi) is 5.09. The third kappa shape index (κ3) is 2.99. The number of hydrogen-bond acceptors (Lipinski definition) is 5. The molecule has 0 saturated heterocycles. The van der Waals surface area contributed by atoms with Crippen LogP contribution in [0.4, 0.5) is 0 Å². The van der Waals surface area contributed by atoms with Crippen molar-refractivity contribution in [3.05, 3.63) is 29.4 Å². The van der Waals surface area contributed by atoms with Crippen LogP contribution in [0, 0.1) is 0 Å². The van der Waals surface area contributed by atoms with Crippen LogP contribution >= 0.6 is 11.6 Å². The van der Waals surface area contributed by atoms with Crippen molar-refractivity contribution in [2.24, 2.45) is 0 Å². The van der Waals surface area contributed by atoms with Crippen molar-refractivity contribution < 1.29 is 14.6 Å². The van der Waals surface area contributed by atoms with E-state index in [1.807, 2.05) is 0 Å². The van der Waals surface area contributed by atoms with Crippen molar-refractivity contribution in [2.75, 3.05) is 7.11 Å². The molecule has 1 N–H and O–H groups in total. The second-order valence-electron chi connectivity index (χ2n) is 3.00. The number of methoxy groups -OCH3 is 1. The summed E-state index contributed by atoms with van der Waals surface area (Å²) in [6.07, 6.45) is 2.66. The van der Waals surface area contributed by atoms with Crippen LogP contribution in [0.5, 0.6) is 5.88 Å². The molecule has 0 aliphatic carbocycles. The number of carboxylic acid groups (broad SMARTS) is 1. The van der Waals surface area contributed by atoms with E-state index in [1.54, 1.807) is 6.07 Å². The molecule has 2 aromatic rings. The zero-order valence-electron chi connectivity index (χ0n) is 8.66. The molecule has 0 aliphatic rings. The zero-order valence-corrected chi connectivity index (χ0v) is 9.42. The number of rotatable bonds is 3. The van der Waals surface area contributed by atoms with Gasteiger partial charge in [-0.2, -0.15) is 0 Å². The average Bonchev–Trinajstić information content (AvgIpc) is 2.78. The second-order valence-corrected chi connectivity index (χ2v) is 3.44. The van der Waals surface area contributed by atoms with Crippen molar-refractivity contribution in [3.63, 3.8) is 0 Å². The third-order valence-corrected chi connectivity index (χ3v) is 2.13. The Morgan fingerprint density at radius 1 is 1.50 bits per heavy atom.